The summed E-state index contributed by atoms with van der Waals surface area (Å²) in [6.07, 6.45) is 1.10. The molecular weight excluding hydrogens is 62.8 g/mol. The van der Waals surface area contributed by atoms with E-state index in [1.54, 1.807) is 7.12 Å². The maximum atomic E-state index is 4.76. The van der Waals surface area contributed by atoms with Crippen molar-refractivity contribution < 1.29 is 4.65 Å². The Hall–Kier alpha value is -0.265. The van der Waals surface area contributed by atoms with Gasteiger partial charge in [0.1, 0.15) is 0 Å². The van der Waals surface area contributed by atoms with Crippen molar-refractivity contribution in [3.8, 4) is 0 Å². The van der Waals surface area contributed by atoms with E-state index in [2.05, 4.69) is 0 Å². The van der Waals surface area contributed by atoms with Gasteiger partial charge in [-0.3, -0.25) is 0 Å². The molecule has 0 spiro atoms. The third kappa shape index (κ3) is 0.501. The molecule has 1 rings (SSSR count). The fourth-order valence-electron chi connectivity index (χ4n) is 0.340. The zero-order chi connectivity index (χ0) is 3.54. The second-order valence-corrected chi connectivity index (χ2v) is 1.03. The Morgan fingerprint density at radius 1 is 1.80 bits per heavy atom. The molecule has 0 fully saturated rings. The van der Waals surface area contributed by atoms with Crippen molar-refractivity contribution in [3.05, 3.63) is 0 Å². The first-order chi connectivity index (χ1) is 2.50. The predicted octanol–water partition coefficient (Wildman–Crippen LogP) is -0.172. The molecule has 1 heterocycles. The van der Waals surface area contributed by atoms with E-state index in [0.29, 0.717) is 0 Å². The van der Waals surface area contributed by atoms with Crippen molar-refractivity contribution in [1.82, 2.24) is 0 Å². The molecule has 26 valence electrons. The maximum absolute atomic E-state index is 4.76. The van der Waals surface area contributed by atoms with Gasteiger partial charge in [-0.2, -0.15) is 0 Å². The van der Waals surface area contributed by atoms with E-state index in [-0.39, 0.29) is 0 Å². The Bertz CT molecular complexity index is 44.9. The minimum absolute atomic E-state index is 0.889. The number of hydrogen-bond donors (Lipinski definition) is 0. The first kappa shape index (κ1) is 2.95. The van der Waals surface area contributed by atoms with E-state index in [1.807, 2.05) is 5.97 Å². The third-order valence-electron chi connectivity index (χ3n) is 0.595. The molecule has 0 aliphatic carbocycles. The average molecular weight is 67.9 g/mol. The molecule has 0 aromatic rings. The van der Waals surface area contributed by atoms with E-state index < -0.39 is 0 Å². The summed E-state index contributed by atoms with van der Waals surface area (Å²) in [5, 5.41) is 0. The van der Waals surface area contributed by atoms with Crippen molar-refractivity contribution in [2.75, 3.05) is 6.61 Å². The van der Waals surface area contributed by atoms with Gasteiger partial charge in [0.2, 0.25) is 0 Å². The molecule has 0 saturated heterocycles. The SMILES string of the molecule is B1=CCCO1. The van der Waals surface area contributed by atoms with Gasteiger partial charge in [0.25, 0.3) is 0 Å². The van der Waals surface area contributed by atoms with E-state index in [1.165, 1.54) is 0 Å². The Labute approximate surface area is 31.9 Å². The van der Waals surface area contributed by atoms with Crippen LogP contribution < -0.4 is 0 Å². The van der Waals surface area contributed by atoms with Crippen molar-refractivity contribution in [1.29, 1.82) is 0 Å². The molecule has 0 saturated carbocycles. The van der Waals surface area contributed by atoms with Crippen molar-refractivity contribution in [3.63, 3.8) is 0 Å². The molecule has 0 atom stereocenters. The van der Waals surface area contributed by atoms with Crippen LogP contribution in [0, 0.1) is 0 Å². The normalized spacial score (nSPS) is 17.6. The van der Waals surface area contributed by atoms with Gasteiger partial charge in [-0.05, 0) is 0 Å². The van der Waals surface area contributed by atoms with Crippen molar-refractivity contribution in [2.45, 2.75) is 6.42 Å². The van der Waals surface area contributed by atoms with Gasteiger partial charge in [-0.25, -0.2) is 0 Å². The summed E-state index contributed by atoms with van der Waals surface area (Å²) in [7, 11) is 1.74. The van der Waals surface area contributed by atoms with Crippen LogP contribution in [0.15, 0.2) is 0 Å². The van der Waals surface area contributed by atoms with Crippen LogP contribution in [0.4, 0.5) is 0 Å². The molecule has 0 bridgehead atoms. The van der Waals surface area contributed by atoms with Crippen LogP contribution in [-0.2, 0) is 4.65 Å². The summed E-state index contributed by atoms with van der Waals surface area (Å²) in [6, 6.07) is 0. The van der Waals surface area contributed by atoms with Gasteiger partial charge in [0.15, 0.2) is 0 Å². The molecule has 1 nitrogen and oxygen atoms in total. The van der Waals surface area contributed by atoms with E-state index >= 15 is 0 Å². The second kappa shape index (κ2) is 1.25. The number of rotatable bonds is 0. The van der Waals surface area contributed by atoms with Gasteiger partial charge in [-0.15, -0.1) is 0 Å². The molecule has 0 N–H and O–H groups in total. The monoisotopic (exact) mass is 68.0 g/mol. The molecule has 0 aromatic heterocycles. The molecule has 2 heteroatoms. The molecule has 0 aromatic carbocycles. The third-order valence-corrected chi connectivity index (χ3v) is 0.595. The topological polar surface area (TPSA) is 9.23 Å². The zero-order valence-corrected chi connectivity index (χ0v) is 2.98. The van der Waals surface area contributed by atoms with Crippen molar-refractivity contribution >= 4 is 13.1 Å². The summed E-state index contributed by atoms with van der Waals surface area (Å²) in [6.45, 7) is 0.889. The van der Waals surface area contributed by atoms with Gasteiger partial charge >= 0.3 is 30.8 Å². The molecule has 0 unspecified atom stereocenters. The Morgan fingerprint density at radius 2 is 2.80 bits per heavy atom. The Morgan fingerprint density at radius 3 is 3.00 bits per heavy atom. The summed E-state index contributed by atoms with van der Waals surface area (Å²) in [5.41, 5.74) is 0. The van der Waals surface area contributed by atoms with E-state index in [9.17, 15) is 0 Å². The van der Waals surface area contributed by atoms with Crippen LogP contribution in [-0.4, -0.2) is 19.7 Å². The summed E-state index contributed by atoms with van der Waals surface area (Å²) < 4.78 is 4.76. The zero-order valence-electron chi connectivity index (χ0n) is 2.98. The first-order valence-corrected chi connectivity index (χ1v) is 1.77. The molecule has 1 aliphatic heterocycles. The molecule has 1 aliphatic rings. The van der Waals surface area contributed by atoms with Gasteiger partial charge in [-0.1, -0.05) is 0 Å². The fourth-order valence-corrected chi connectivity index (χ4v) is 0.340. The fraction of sp³-hybridized carbons (Fsp3) is 0.667. The molecular formula is C3H5BO. The van der Waals surface area contributed by atoms with Gasteiger partial charge in [0, 0.05) is 0 Å². The summed E-state index contributed by atoms with van der Waals surface area (Å²) >= 11 is 0. The van der Waals surface area contributed by atoms with Crippen LogP contribution >= 0.6 is 0 Å². The standard InChI is InChI=1S/C3H5BO/c1-2-4-5-3-1/h2H,1,3H2. The molecule has 0 amide bonds. The average Bonchev–Trinajstić information content (AvgIpc) is 1.76. The Balaban J connectivity index is 2.32. The Kier molecular flexibility index (Phi) is 0.734. The summed E-state index contributed by atoms with van der Waals surface area (Å²) in [4.78, 5) is 0. The molecule has 5 heavy (non-hydrogen) atoms. The van der Waals surface area contributed by atoms with Crippen LogP contribution in [0.2, 0.25) is 0 Å². The van der Waals surface area contributed by atoms with E-state index in [4.69, 9.17) is 4.65 Å². The van der Waals surface area contributed by atoms with Crippen LogP contribution in [0.3, 0.4) is 0 Å². The van der Waals surface area contributed by atoms with Gasteiger partial charge < -0.3 is 0 Å². The summed E-state index contributed by atoms with van der Waals surface area (Å²) in [5.74, 6) is 2.01. The van der Waals surface area contributed by atoms with Crippen LogP contribution in [0.25, 0.3) is 0 Å². The van der Waals surface area contributed by atoms with Crippen LogP contribution in [0.1, 0.15) is 6.42 Å². The van der Waals surface area contributed by atoms with Crippen LogP contribution in [0.5, 0.6) is 0 Å². The first-order valence-electron chi connectivity index (χ1n) is 1.77. The van der Waals surface area contributed by atoms with Gasteiger partial charge in [0.05, 0.1) is 0 Å². The van der Waals surface area contributed by atoms with E-state index in [0.717, 1.165) is 13.0 Å². The molecule has 0 radical (unpaired) electrons. The quantitative estimate of drug-likeness (QED) is 0.358. The van der Waals surface area contributed by atoms with Crippen molar-refractivity contribution in [2.24, 2.45) is 0 Å². The number of hydrogen-bond acceptors (Lipinski definition) is 1. The predicted molar refractivity (Wildman–Crippen MR) is 22.4 cm³/mol. The second-order valence-electron chi connectivity index (χ2n) is 1.03. The minimum atomic E-state index is 0.889.